The van der Waals surface area contributed by atoms with E-state index in [0.29, 0.717) is 11.4 Å². The van der Waals surface area contributed by atoms with Crippen molar-refractivity contribution in [3.8, 4) is 0 Å². The fourth-order valence-electron chi connectivity index (χ4n) is 2.48. The molecule has 4 nitrogen and oxygen atoms in total. The Morgan fingerprint density at radius 2 is 2.44 bits per heavy atom. The van der Waals surface area contributed by atoms with Crippen molar-refractivity contribution >= 4 is 22.9 Å². The fourth-order valence-corrected chi connectivity index (χ4v) is 3.35. The number of nitrogens with one attached hydrogen (secondary N) is 1. The number of aromatic nitrogens is 1. The first-order valence-electron chi connectivity index (χ1n) is 6.04. The third-order valence-corrected chi connectivity index (χ3v) is 4.29. The highest BCUT2D eigenvalue weighted by Crippen LogP contribution is 2.35. The van der Waals surface area contributed by atoms with E-state index < -0.39 is 0 Å². The van der Waals surface area contributed by atoms with Crippen molar-refractivity contribution < 1.29 is 4.79 Å². The Bertz CT molecular complexity index is 546. The second-order valence-corrected chi connectivity index (χ2v) is 5.50. The molecule has 1 fully saturated rings. The summed E-state index contributed by atoms with van der Waals surface area (Å²) in [5.74, 6) is 0.0441. The van der Waals surface area contributed by atoms with E-state index in [4.69, 9.17) is 5.73 Å². The number of hydrogen-bond donors (Lipinski definition) is 2. The molecular weight excluding hydrogens is 246 g/mol. The minimum absolute atomic E-state index is 0.0441. The SMILES string of the molecule is Nc1c[nH]c(C(=O)N2CCCC2c2cccs2)c1. The zero-order valence-electron chi connectivity index (χ0n) is 9.93. The number of H-pyrrole nitrogens is 1. The maximum Gasteiger partial charge on any atom is 0.270 e. The van der Waals surface area contributed by atoms with Crippen LogP contribution in [0.15, 0.2) is 29.8 Å². The molecule has 1 saturated heterocycles. The monoisotopic (exact) mass is 261 g/mol. The molecule has 0 radical (unpaired) electrons. The van der Waals surface area contributed by atoms with Gasteiger partial charge >= 0.3 is 0 Å². The van der Waals surface area contributed by atoms with E-state index in [-0.39, 0.29) is 11.9 Å². The Morgan fingerprint density at radius 1 is 1.56 bits per heavy atom. The van der Waals surface area contributed by atoms with Gasteiger partial charge in [0.25, 0.3) is 5.91 Å². The summed E-state index contributed by atoms with van der Waals surface area (Å²) in [5.41, 5.74) is 6.83. The van der Waals surface area contributed by atoms with Crippen LogP contribution in [0.25, 0.3) is 0 Å². The topological polar surface area (TPSA) is 62.1 Å². The van der Waals surface area contributed by atoms with Gasteiger partial charge in [0.1, 0.15) is 5.69 Å². The first kappa shape index (κ1) is 11.3. The first-order chi connectivity index (χ1) is 8.75. The molecular formula is C13H15N3OS. The highest BCUT2D eigenvalue weighted by Gasteiger charge is 2.31. The molecule has 0 saturated carbocycles. The van der Waals surface area contributed by atoms with Crippen molar-refractivity contribution in [2.24, 2.45) is 0 Å². The van der Waals surface area contributed by atoms with Crippen LogP contribution in [0, 0.1) is 0 Å². The van der Waals surface area contributed by atoms with Crippen LogP contribution in [-0.2, 0) is 0 Å². The minimum atomic E-state index is 0.0441. The molecule has 3 N–H and O–H groups in total. The van der Waals surface area contributed by atoms with Gasteiger partial charge in [-0.05, 0) is 30.4 Å². The van der Waals surface area contributed by atoms with Crippen LogP contribution in [0.2, 0.25) is 0 Å². The highest BCUT2D eigenvalue weighted by atomic mass is 32.1. The van der Waals surface area contributed by atoms with Gasteiger partial charge in [-0.2, -0.15) is 0 Å². The quantitative estimate of drug-likeness (QED) is 0.873. The molecule has 3 rings (SSSR count). The predicted molar refractivity (Wildman–Crippen MR) is 72.5 cm³/mol. The molecule has 0 bridgehead atoms. The third-order valence-electron chi connectivity index (χ3n) is 3.32. The Morgan fingerprint density at radius 3 is 3.11 bits per heavy atom. The summed E-state index contributed by atoms with van der Waals surface area (Å²) >= 11 is 1.71. The van der Waals surface area contributed by atoms with Gasteiger partial charge in [0, 0.05) is 23.3 Å². The number of nitrogens with zero attached hydrogens (tertiary/aromatic N) is 1. The van der Waals surface area contributed by atoms with Gasteiger partial charge in [0.2, 0.25) is 0 Å². The van der Waals surface area contributed by atoms with Gasteiger partial charge in [-0.3, -0.25) is 4.79 Å². The molecule has 2 aromatic heterocycles. The lowest BCUT2D eigenvalue weighted by molar-refractivity contribution is 0.0732. The van der Waals surface area contributed by atoms with Crippen LogP contribution < -0.4 is 5.73 Å². The summed E-state index contributed by atoms with van der Waals surface area (Å²) in [6, 6.07) is 6.06. The molecule has 1 unspecified atom stereocenters. The Hall–Kier alpha value is -1.75. The molecule has 0 aromatic carbocycles. The lowest BCUT2D eigenvalue weighted by Gasteiger charge is -2.23. The molecule has 94 valence electrons. The van der Waals surface area contributed by atoms with Crippen LogP contribution in [0.4, 0.5) is 5.69 Å². The van der Waals surface area contributed by atoms with Crippen molar-refractivity contribution in [1.29, 1.82) is 0 Å². The Balaban J connectivity index is 1.85. The van der Waals surface area contributed by atoms with Crippen LogP contribution >= 0.6 is 11.3 Å². The van der Waals surface area contributed by atoms with Crippen LogP contribution in [0.5, 0.6) is 0 Å². The molecule has 1 aliphatic heterocycles. The summed E-state index contributed by atoms with van der Waals surface area (Å²) in [5, 5.41) is 2.06. The average Bonchev–Trinajstić information content (AvgIpc) is 3.08. The molecule has 1 atom stereocenters. The van der Waals surface area contributed by atoms with Gasteiger partial charge in [-0.15, -0.1) is 11.3 Å². The minimum Gasteiger partial charge on any atom is -0.397 e. The molecule has 18 heavy (non-hydrogen) atoms. The number of amides is 1. The molecule has 0 aliphatic carbocycles. The van der Waals surface area contributed by atoms with Crippen molar-refractivity contribution in [3.05, 3.63) is 40.3 Å². The average molecular weight is 261 g/mol. The molecule has 2 aromatic rings. The number of rotatable bonds is 2. The van der Waals surface area contributed by atoms with Gasteiger partial charge in [0.05, 0.1) is 6.04 Å². The van der Waals surface area contributed by atoms with E-state index in [1.165, 1.54) is 4.88 Å². The number of carbonyl (C=O) groups excluding carboxylic acids is 1. The largest absolute Gasteiger partial charge is 0.397 e. The van der Waals surface area contributed by atoms with Crippen LogP contribution in [-0.4, -0.2) is 22.3 Å². The lowest BCUT2D eigenvalue weighted by atomic mass is 10.2. The van der Waals surface area contributed by atoms with E-state index >= 15 is 0 Å². The maximum atomic E-state index is 12.4. The zero-order valence-corrected chi connectivity index (χ0v) is 10.7. The van der Waals surface area contributed by atoms with E-state index in [2.05, 4.69) is 16.4 Å². The standard InChI is InChI=1S/C13H15N3OS/c14-9-7-10(15-8-9)13(17)16-5-1-3-11(16)12-4-2-6-18-12/h2,4,6-8,11,15H,1,3,5,14H2. The number of anilines is 1. The van der Waals surface area contributed by atoms with Crippen molar-refractivity contribution in [2.75, 3.05) is 12.3 Å². The van der Waals surface area contributed by atoms with Crippen molar-refractivity contribution in [3.63, 3.8) is 0 Å². The molecule has 1 amide bonds. The third kappa shape index (κ3) is 1.90. The number of thiophene rings is 1. The maximum absolute atomic E-state index is 12.4. The van der Waals surface area contributed by atoms with Gasteiger partial charge < -0.3 is 15.6 Å². The second kappa shape index (κ2) is 4.49. The van der Waals surface area contributed by atoms with E-state index in [1.807, 2.05) is 11.0 Å². The summed E-state index contributed by atoms with van der Waals surface area (Å²) in [6.07, 6.45) is 3.76. The molecule has 3 heterocycles. The highest BCUT2D eigenvalue weighted by molar-refractivity contribution is 7.10. The van der Waals surface area contributed by atoms with Gasteiger partial charge in [-0.1, -0.05) is 6.07 Å². The number of likely N-dealkylation sites (tertiary alicyclic amines) is 1. The number of aromatic amines is 1. The first-order valence-corrected chi connectivity index (χ1v) is 6.92. The summed E-state index contributed by atoms with van der Waals surface area (Å²) in [7, 11) is 0. The molecule has 5 heteroatoms. The Kier molecular flexibility index (Phi) is 2.83. The molecule has 0 spiro atoms. The Labute approximate surface area is 109 Å². The van der Waals surface area contributed by atoms with Crippen molar-refractivity contribution in [2.45, 2.75) is 18.9 Å². The van der Waals surface area contributed by atoms with E-state index in [0.717, 1.165) is 19.4 Å². The summed E-state index contributed by atoms with van der Waals surface area (Å²) < 4.78 is 0. The second-order valence-electron chi connectivity index (χ2n) is 4.52. The van der Waals surface area contributed by atoms with Gasteiger partial charge in [0.15, 0.2) is 0 Å². The zero-order chi connectivity index (χ0) is 12.5. The number of nitrogen functional groups attached to an aromatic ring is 1. The van der Waals surface area contributed by atoms with E-state index in [9.17, 15) is 4.79 Å². The number of carbonyl (C=O) groups is 1. The smallest absolute Gasteiger partial charge is 0.270 e. The van der Waals surface area contributed by atoms with Gasteiger partial charge in [-0.25, -0.2) is 0 Å². The number of hydrogen-bond acceptors (Lipinski definition) is 3. The summed E-state index contributed by atoms with van der Waals surface area (Å²) in [4.78, 5) is 18.6. The summed E-state index contributed by atoms with van der Waals surface area (Å²) in [6.45, 7) is 0.820. The van der Waals surface area contributed by atoms with E-state index in [1.54, 1.807) is 23.6 Å². The fraction of sp³-hybridized carbons (Fsp3) is 0.308. The molecule has 1 aliphatic rings. The number of nitrogens with two attached hydrogens (primary N) is 1. The van der Waals surface area contributed by atoms with Crippen LogP contribution in [0.1, 0.15) is 34.2 Å². The lowest BCUT2D eigenvalue weighted by Crippen LogP contribution is -2.30. The normalized spacial score (nSPS) is 19.3. The van der Waals surface area contributed by atoms with Crippen LogP contribution in [0.3, 0.4) is 0 Å². The van der Waals surface area contributed by atoms with Crippen molar-refractivity contribution in [1.82, 2.24) is 9.88 Å². The predicted octanol–water partition coefficient (Wildman–Crippen LogP) is 2.64.